The summed E-state index contributed by atoms with van der Waals surface area (Å²) in [6.07, 6.45) is 2.49. The normalized spacial score (nSPS) is 14.7. The fourth-order valence-electron chi connectivity index (χ4n) is 2.96. The highest BCUT2D eigenvalue weighted by molar-refractivity contribution is 7.92. The van der Waals surface area contributed by atoms with Gasteiger partial charge in [-0.3, -0.25) is 9.52 Å². The lowest BCUT2D eigenvalue weighted by Crippen LogP contribution is -2.45. The Bertz CT molecular complexity index is 907. The molecule has 8 nitrogen and oxygen atoms in total. The highest BCUT2D eigenvalue weighted by atomic mass is 32.2. The van der Waals surface area contributed by atoms with E-state index in [1.165, 1.54) is 13.2 Å². The number of methoxy groups -OCH3 is 1. The summed E-state index contributed by atoms with van der Waals surface area (Å²) >= 11 is 0. The maximum atomic E-state index is 12.6. The molecule has 0 aliphatic carbocycles. The zero-order chi connectivity index (χ0) is 19.4. The van der Waals surface area contributed by atoms with E-state index < -0.39 is 10.0 Å². The van der Waals surface area contributed by atoms with E-state index >= 15 is 0 Å². The highest BCUT2D eigenvalue weighted by Crippen LogP contribution is 2.23. The highest BCUT2D eigenvalue weighted by Gasteiger charge is 2.19. The molecule has 1 N–H and O–H groups in total. The zero-order valence-electron chi connectivity index (χ0n) is 15.3. The van der Waals surface area contributed by atoms with Crippen molar-refractivity contribution in [1.82, 2.24) is 9.88 Å². The molecule has 1 fully saturated rings. The lowest BCUT2D eigenvalue weighted by Gasteiger charge is -2.33. The molecule has 0 radical (unpaired) electrons. The maximum Gasteiger partial charge on any atom is 0.263 e. The fraction of sp³-hybridized carbons (Fsp3) is 0.333. The summed E-state index contributed by atoms with van der Waals surface area (Å²) in [6, 6.07) is 8.25. The number of hydrogen-bond donors (Lipinski definition) is 1. The van der Waals surface area contributed by atoms with Crippen LogP contribution in [0.15, 0.2) is 41.4 Å². The number of carbonyl (C=O) groups excluding carboxylic acids is 1. The van der Waals surface area contributed by atoms with Crippen molar-refractivity contribution < 1.29 is 17.9 Å². The average Bonchev–Trinajstić information content (AvgIpc) is 2.68. The molecule has 0 atom stereocenters. The van der Waals surface area contributed by atoms with Crippen LogP contribution in [0.4, 0.5) is 11.5 Å². The van der Waals surface area contributed by atoms with Crippen LogP contribution in [0.3, 0.4) is 0 Å². The molecule has 2 aromatic rings. The number of piperazine rings is 1. The topological polar surface area (TPSA) is 91.8 Å². The number of anilines is 2. The number of benzene rings is 1. The van der Waals surface area contributed by atoms with Crippen molar-refractivity contribution in [2.45, 2.75) is 11.8 Å². The quantitative estimate of drug-likeness (QED) is 0.751. The van der Waals surface area contributed by atoms with Gasteiger partial charge >= 0.3 is 0 Å². The summed E-state index contributed by atoms with van der Waals surface area (Å²) in [5, 5.41) is 0. The number of hydrogen-bond acceptors (Lipinski definition) is 6. The Morgan fingerprint density at radius 2 is 1.89 bits per heavy atom. The number of carbonyl (C=O) groups is 1. The van der Waals surface area contributed by atoms with Crippen molar-refractivity contribution in [3.05, 3.63) is 42.1 Å². The smallest absolute Gasteiger partial charge is 0.263 e. The minimum atomic E-state index is -3.74. The van der Waals surface area contributed by atoms with E-state index in [2.05, 4.69) is 14.6 Å². The fourth-order valence-corrected chi connectivity index (χ4v) is 4.20. The summed E-state index contributed by atoms with van der Waals surface area (Å²) in [5.41, 5.74) is 1.48. The standard InChI is InChI=1S/C18H22N4O4S/c1-14-11-16(26-2)4-5-17(14)27(24,25)20-18-6-3-15(12-19-18)22-9-7-21(13-23)8-10-22/h3-6,11-13H,7-10H2,1-2H3,(H,19,20). The molecule has 3 rings (SSSR count). The summed E-state index contributed by atoms with van der Waals surface area (Å²) in [5.74, 6) is 0.851. The van der Waals surface area contributed by atoms with Gasteiger partial charge < -0.3 is 14.5 Å². The van der Waals surface area contributed by atoms with E-state index in [0.717, 1.165) is 25.2 Å². The summed E-state index contributed by atoms with van der Waals surface area (Å²) in [6.45, 7) is 4.48. The van der Waals surface area contributed by atoms with E-state index in [9.17, 15) is 13.2 Å². The number of amides is 1. The van der Waals surface area contributed by atoms with Crippen molar-refractivity contribution in [3.8, 4) is 5.75 Å². The number of ether oxygens (including phenoxy) is 1. The number of sulfonamides is 1. The van der Waals surface area contributed by atoms with Gasteiger partial charge in [-0.2, -0.15) is 0 Å². The summed E-state index contributed by atoms with van der Waals surface area (Å²) in [7, 11) is -2.21. The van der Waals surface area contributed by atoms with Gasteiger partial charge in [0.1, 0.15) is 11.6 Å². The molecule has 0 unspecified atom stereocenters. The Hall–Kier alpha value is -2.81. The summed E-state index contributed by atoms with van der Waals surface area (Å²) < 4.78 is 32.9. The second kappa shape index (κ2) is 7.83. The van der Waals surface area contributed by atoms with Crippen LogP contribution in [0.2, 0.25) is 0 Å². The number of rotatable bonds is 6. The molecule has 1 aliphatic rings. The molecule has 0 saturated carbocycles. The Balaban J connectivity index is 1.71. The van der Waals surface area contributed by atoms with Gasteiger partial charge in [0.2, 0.25) is 6.41 Å². The molecule has 0 spiro atoms. The maximum absolute atomic E-state index is 12.6. The molecular formula is C18H22N4O4S. The molecule has 1 aromatic carbocycles. The number of aromatic nitrogens is 1. The SMILES string of the molecule is COc1ccc(S(=O)(=O)Nc2ccc(N3CCN(C=O)CC3)cn2)c(C)c1. The lowest BCUT2D eigenvalue weighted by molar-refractivity contribution is -0.118. The third kappa shape index (κ3) is 4.30. The van der Waals surface area contributed by atoms with Crippen molar-refractivity contribution in [2.24, 2.45) is 0 Å². The molecule has 1 aromatic heterocycles. The van der Waals surface area contributed by atoms with Gasteiger partial charge in [0.25, 0.3) is 10.0 Å². The number of nitrogens with one attached hydrogen (secondary N) is 1. The summed E-state index contributed by atoms with van der Waals surface area (Å²) in [4.78, 5) is 19.0. The van der Waals surface area contributed by atoms with Crippen molar-refractivity contribution in [1.29, 1.82) is 0 Å². The predicted molar refractivity (Wildman–Crippen MR) is 103 cm³/mol. The van der Waals surface area contributed by atoms with Gasteiger partial charge in [0.05, 0.1) is 23.9 Å². The van der Waals surface area contributed by atoms with Gasteiger partial charge in [-0.25, -0.2) is 13.4 Å². The Morgan fingerprint density at radius 1 is 1.15 bits per heavy atom. The average molecular weight is 390 g/mol. The van der Waals surface area contributed by atoms with Crippen LogP contribution in [0.5, 0.6) is 5.75 Å². The second-order valence-electron chi connectivity index (χ2n) is 6.27. The molecule has 1 aliphatic heterocycles. The van der Waals surface area contributed by atoms with E-state index in [0.29, 0.717) is 24.4 Å². The Morgan fingerprint density at radius 3 is 2.44 bits per heavy atom. The van der Waals surface area contributed by atoms with Crippen LogP contribution in [0, 0.1) is 6.92 Å². The van der Waals surface area contributed by atoms with Crippen LogP contribution in [0.1, 0.15) is 5.56 Å². The Labute approximate surface area is 158 Å². The van der Waals surface area contributed by atoms with Crippen LogP contribution < -0.4 is 14.4 Å². The van der Waals surface area contributed by atoms with Crippen LogP contribution in [-0.2, 0) is 14.8 Å². The number of nitrogens with zero attached hydrogens (tertiary/aromatic N) is 3. The van der Waals surface area contributed by atoms with Crippen molar-refractivity contribution in [3.63, 3.8) is 0 Å². The van der Waals surface area contributed by atoms with Crippen LogP contribution >= 0.6 is 0 Å². The van der Waals surface area contributed by atoms with Gasteiger partial charge in [0, 0.05) is 26.2 Å². The first-order valence-electron chi connectivity index (χ1n) is 8.51. The first-order valence-corrected chi connectivity index (χ1v) is 9.99. The second-order valence-corrected chi connectivity index (χ2v) is 7.92. The number of aryl methyl sites for hydroxylation is 1. The van der Waals surface area contributed by atoms with Gasteiger partial charge in [0.15, 0.2) is 0 Å². The first-order chi connectivity index (χ1) is 12.9. The van der Waals surface area contributed by atoms with E-state index in [4.69, 9.17) is 4.74 Å². The molecule has 2 heterocycles. The first kappa shape index (κ1) is 19.0. The molecule has 0 bridgehead atoms. The van der Waals surface area contributed by atoms with E-state index in [1.807, 2.05) is 6.07 Å². The molecule has 1 saturated heterocycles. The minimum absolute atomic E-state index is 0.180. The Kier molecular flexibility index (Phi) is 5.50. The van der Waals surface area contributed by atoms with Crippen LogP contribution in [-0.4, -0.2) is 58.0 Å². The van der Waals surface area contributed by atoms with Gasteiger partial charge in [-0.15, -0.1) is 0 Å². The van der Waals surface area contributed by atoms with Crippen molar-refractivity contribution in [2.75, 3.05) is 42.9 Å². The molecule has 144 valence electrons. The van der Waals surface area contributed by atoms with Crippen molar-refractivity contribution >= 4 is 27.9 Å². The van der Waals surface area contributed by atoms with Gasteiger partial charge in [-0.05, 0) is 42.8 Å². The van der Waals surface area contributed by atoms with Crippen LogP contribution in [0.25, 0.3) is 0 Å². The predicted octanol–water partition coefficient (Wildman–Crippen LogP) is 1.48. The van der Waals surface area contributed by atoms with Gasteiger partial charge in [-0.1, -0.05) is 0 Å². The zero-order valence-corrected chi connectivity index (χ0v) is 16.1. The third-order valence-corrected chi connectivity index (χ3v) is 6.00. The third-order valence-electron chi connectivity index (χ3n) is 4.49. The molecular weight excluding hydrogens is 368 g/mol. The monoisotopic (exact) mass is 390 g/mol. The molecule has 9 heteroatoms. The number of pyridine rings is 1. The lowest BCUT2D eigenvalue weighted by atomic mass is 10.2. The largest absolute Gasteiger partial charge is 0.497 e. The van der Waals surface area contributed by atoms with E-state index in [-0.39, 0.29) is 10.7 Å². The minimum Gasteiger partial charge on any atom is -0.497 e. The van der Waals surface area contributed by atoms with E-state index in [1.54, 1.807) is 36.2 Å². The molecule has 27 heavy (non-hydrogen) atoms. The molecule has 1 amide bonds.